The Labute approximate surface area is 206 Å². The smallest absolute Gasteiger partial charge is 0.416 e. The summed E-state index contributed by atoms with van der Waals surface area (Å²) in [6.07, 6.45) is -3.55. The zero-order valence-electron chi connectivity index (χ0n) is 18.5. The molecule has 3 aromatic carbocycles. The van der Waals surface area contributed by atoms with Crippen LogP contribution in [-0.2, 0) is 22.7 Å². The number of rotatable bonds is 9. The van der Waals surface area contributed by atoms with Crippen molar-refractivity contribution >= 4 is 33.2 Å². The van der Waals surface area contributed by atoms with E-state index in [-0.39, 0.29) is 31.3 Å². The van der Waals surface area contributed by atoms with E-state index >= 15 is 0 Å². The van der Waals surface area contributed by atoms with Crippen LogP contribution in [0, 0.1) is 0 Å². The molecule has 0 aromatic heterocycles. The predicted octanol–water partition coefficient (Wildman–Crippen LogP) is 5.13. The van der Waals surface area contributed by atoms with Crippen LogP contribution in [0.25, 0.3) is 0 Å². The van der Waals surface area contributed by atoms with Gasteiger partial charge in [-0.25, -0.2) is 8.42 Å². The van der Waals surface area contributed by atoms with Gasteiger partial charge in [-0.1, -0.05) is 23.7 Å². The summed E-state index contributed by atoms with van der Waals surface area (Å²) in [4.78, 5) is 12.3. The van der Waals surface area contributed by atoms with Crippen LogP contribution in [0.5, 0.6) is 5.75 Å². The number of benzene rings is 3. The molecule has 3 aromatic rings. The Morgan fingerprint density at radius 2 is 1.57 bits per heavy atom. The molecule has 0 radical (unpaired) electrons. The van der Waals surface area contributed by atoms with Crippen LogP contribution in [0.15, 0.2) is 72.8 Å². The van der Waals surface area contributed by atoms with Crippen LogP contribution < -0.4 is 14.4 Å². The van der Waals surface area contributed by atoms with E-state index in [1.165, 1.54) is 12.1 Å². The number of sulfonamides is 1. The number of carbonyl (C=O) groups is 1. The fourth-order valence-electron chi connectivity index (χ4n) is 3.11. The topological polar surface area (TPSA) is 75.7 Å². The number of alkyl halides is 3. The van der Waals surface area contributed by atoms with Crippen LogP contribution in [0.4, 0.5) is 18.9 Å². The van der Waals surface area contributed by atoms with E-state index in [9.17, 15) is 26.4 Å². The molecule has 186 valence electrons. The predicted molar refractivity (Wildman–Crippen MR) is 128 cm³/mol. The minimum atomic E-state index is -4.52. The van der Waals surface area contributed by atoms with Crippen molar-refractivity contribution in [2.24, 2.45) is 0 Å². The molecule has 0 unspecified atom stereocenters. The second kappa shape index (κ2) is 11.0. The standard InChI is InChI=1S/C24H22ClF3N2O4S/c1-35(32,33)30(21-10-6-19(7-11-21)24(26,27)28)16-17-2-4-18(5-3-17)23(31)29-14-15-34-22-12-8-20(25)9-13-22/h2-13H,14-16H2,1H3,(H,29,31). The van der Waals surface area contributed by atoms with E-state index in [0.717, 1.165) is 34.8 Å². The average molecular weight is 527 g/mol. The van der Waals surface area contributed by atoms with Crippen LogP contribution in [-0.4, -0.2) is 33.7 Å². The van der Waals surface area contributed by atoms with Crippen molar-refractivity contribution in [1.29, 1.82) is 0 Å². The number of anilines is 1. The fourth-order valence-corrected chi connectivity index (χ4v) is 4.12. The molecule has 0 fully saturated rings. The minimum absolute atomic E-state index is 0.100. The van der Waals surface area contributed by atoms with Gasteiger partial charge in [0.2, 0.25) is 10.0 Å². The molecule has 1 N–H and O–H groups in total. The number of carbonyl (C=O) groups excluding carboxylic acids is 1. The van der Waals surface area contributed by atoms with Gasteiger partial charge in [0.15, 0.2) is 0 Å². The second-order valence-electron chi connectivity index (χ2n) is 7.57. The molecule has 0 atom stereocenters. The molecule has 0 aliphatic carbocycles. The maximum atomic E-state index is 12.8. The number of halogens is 4. The first-order chi connectivity index (χ1) is 16.4. The van der Waals surface area contributed by atoms with Crippen LogP contribution >= 0.6 is 11.6 Å². The van der Waals surface area contributed by atoms with Gasteiger partial charge in [0.05, 0.1) is 30.6 Å². The van der Waals surface area contributed by atoms with E-state index in [1.807, 2.05) is 0 Å². The molecule has 0 aliphatic heterocycles. The Hall–Kier alpha value is -3.24. The van der Waals surface area contributed by atoms with Crippen molar-refractivity contribution in [3.63, 3.8) is 0 Å². The van der Waals surface area contributed by atoms with Gasteiger partial charge < -0.3 is 10.1 Å². The van der Waals surface area contributed by atoms with Gasteiger partial charge in [-0.15, -0.1) is 0 Å². The highest BCUT2D eigenvalue weighted by Gasteiger charge is 2.30. The maximum absolute atomic E-state index is 12.8. The lowest BCUT2D eigenvalue weighted by atomic mass is 10.1. The first-order valence-corrected chi connectivity index (χ1v) is 12.6. The summed E-state index contributed by atoms with van der Waals surface area (Å²) in [5.41, 5.74) is 0.144. The molecule has 11 heteroatoms. The van der Waals surface area contributed by atoms with Gasteiger partial charge in [0, 0.05) is 10.6 Å². The number of nitrogens with zero attached hydrogens (tertiary/aromatic N) is 1. The quantitative estimate of drug-likeness (QED) is 0.392. The number of hydrogen-bond donors (Lipinski definition) is 1. The van der Waals surface area contributed by atoms with E-state index in [0.29, 0.717) is 21.9 Å². The molecule has 0 saturated carbocycles. The summed E-state index contributed by atoms with van der Waals surface area (Å²) in [6.45, 7) is 0.405. The lowest BCUT2D eigenvalue weighted by Crippen LogP contribution is -2.29. The molecule has 0 bridgehead atoms. The van der Waals surface area contributed by atoms with Crippen LogP contribution in [0.1, 0.15) is 21.5 Å². The summed E-state index contributed by atoms with van der Waals surface area (Å²) in [5.74, 6) is 0.287. The highest BCUT2D eigenvalue weighted by Crippen LogP contribution is 2.31. The van der Waals surface area contributed by atoms with Gasteiger partial charge in [0.25, 0.3) is 5.91 Å². The van der Waals surface area contributed by atoms with E-state index in [2.05, 4.69) is 5.32 Å². The molecule has 6 nitrogen and oxygen atoms in total. The average Bonchev–Trinajstić information content (AvgIpc) is 2.80. The highest BCUT2D eigenvalue weighted by atomic mass is 35.5. The Morgan fingerprint density at radius 3 is 2.11 bits per heavy atom. The molecule has 1 amide bonds. The zero-order valence-corrected chi connectivity index (χ0v) is 20.1. The molecule has 35 heavy (non-hydrogen) atoms. The Kier molecular flexibility index (Phi) is 8.29. The third-order valence-corrected chi connectivity index (χ3v) is 6.29. The first kappa shape index (κ1) is 26.4. The number of amides is 1. The van der Waals surface area contributed by atoms with Gasteiger partial charge in [-0.3, -0.25) is 9.10 Å². The van der Waals surface area contributed by atoms with Crippen molar-refractivity contribution in [1.82, 2.24) is 5.32 Å². The summed E-state index contributed by atoms with van der Waals surface area (Å²) < 4.78 is 69.5. The molecule has 3 rings (SSSR count). The van der Waals surface area contributed by atoms with E-state index in [4.69, 9.17) is 16.3 Å². The van der Waals surface area contributed by atoms with Gasteiger partial charge in [0.1, 0.15) is 12.4 Å². The van der Waals surface area contributed by atoms with Gasteiger partial charge >= 0.3 is 6.18 Å². The molecule has 0 spiro atoms. The minimum Gasteiger partial charge on any atom is -0.492 e. The lowest BCUT2D eigenvalue weighted by molar-refractivity contribution is -0.137. The van der Waals surface area contributed by atoms with Crippen molar-refractivity contribution in [3.05, 3.63) is 94.5 Å². The molecular formula is C24H22ClF3N2O4S. The summed E-state index contributed by atoms with van der Waals surface area (Å²) in [5, 5.41) is 3.31. The number of ether oxygens (including phenoxy) is 1. The summed E-state index contributed by atoms with van der Waals surface area (Å²) in [6, 6.07) is 16.9. The lowest BCUT2D eigenvalue weighted by Gasteiger charge is -2.23. The largest absolute Gasteiger partial charge is 0.492 e. The molecule has 0 saturated heterocycles. The summed E-state index contributed by atoms with van der Waals surface area (Å²) in [7, 11) is -3.78. The summed E-state index contributed by atoms with van der Waals surface area (Å²) >= 11 is 5.81. The third-order valence-electron chi connectivity index (χ3n) is 4.90. The Morgan fingerprint density at radius 1 is 0.971 bits per heavy atom. The zero-order chi connectivity index (χ0) is 25.6. The van der Waals surface area contributed by atoms with E-state index < -0.39 is 21.8 Å². The number of nitrogens with one attached hydrogen (secondary N) is 1. The maximum Gasteiger partial charge on any atom is 0.416 e. The van der Waals surface area contributed by atoms with Crippen LogP contribution in [0.2, 0.25) is 5.02 Å². The van der Waals surface area contributed by atoms with Crippen molar-refractivity contribution < 1.29 is 31.1 Å². The second-order valence-corrected chi connectivity index (χ2v) is 9.91. The molecule has 0 aliphatic rings. The van der Waals surface area contributed by atoms with E-state index in [1.54, 1.807) is 36.4 Å². The molecule has 0 heterocycles. The van der Waals surface area contributed by atoms with Crippen LogP contribution in [0.3, 0.4) is 0 Å². The normalized spacial score (nSPS) is 11.7. The third kappa shape index (κ3) is 7.63. The fraction of sp³-hybridized carbons (Fsp3) is 0.208. The van der Waals surface area contributed by atoms with Gasteiger partial charge in [-0.2, -0.15) is 13.2 Å². The van der Waals surface area contributed by atoms with Crippen molar-refractivity contribution in [3.8, 4) is 5.75 Å². The molecular weight excluding hydrogens is 505 g/mol. The van der Waals surface area contributed by atoms with Gasteiger partial charge in [-0.05, 0) is 66.2 Å². The first-order valence-electron chi connectivity index (χ1n) is 10.3. The van der Waals surface area contributed by atoms with Crippen molar-refractivity contribution in [2.45, 2.75) is 12.7 Å². The highest BCUT2D eigenvalue weighted by molar-refractivity contribution is 7.92. The van der Waals surface area contributed by atoms with Crippen molar-refractivity contribution in [2.75, 3.05) is 23.7 Å². The Bertz CT molecular complexity index is 1250. The monoisotopic (exact) mass is 526 g/mol. The number of hydrogen-bond acceptors (Lipinski definition) is 4. The SMILES string of the molecule is CS(=O)(=O)N(Cc1ccc(C(=O)NCCOc2ccc(Cl)cc2)cc1)c1ccc(C(F)(F)F)cc1. The Balaban J connectivity index is 1.59.